The Morgan fingerprint density at radius 1 is 0.700 bits per heavy atom. The van der Waals surface area contributed by atoms with Crippen LogP contribution in [0.5, 0.6) is 0 Å². The van der Waals surface area contributed by atoms with Gasteiger partial charge in [0.15, 0.2) is 0 Å². The van der Waals surface area contributed by atoms with Crippen molar-refractivity contribution in [1.82, 2.24) is 0 Å². The van der Waals surface area contributed by atoms with Crippen LogP contribution in [-0.4, -0.2) is 15.0 Å². The SMILES string of the molecule is Cc1ccc(S(=O)(=O)OCCCCCCCCCCCCc2ccc(I)cc2)cc1. The minimum absolute atomic E-state index is 0.242. The molecule has 0 spiro atoms. The number of hydrogen-bond acceptors (Lipinski definition) is 3. The summed E-state index contributed by atoms with van der Waals surface area (Å²) >= 11 is 2.35. The van der Waals surface area contributed by atoms with Crippen molar-refractivity contribution in [3.63, 3.8) is 0 Å². The number of aryl methyl sites for hydroxylation is 2. The molecule has 0 amide bonds. The molecular formula is C25H35IO3S. The molecule has 0 unspecified atom stereocenters. The van der Waals surface area contributed by atoms with Crippen molar-refractivity contribution in [2.24, 2.45) is 0 Å². The van der Waals surface area contributed by atoms with Gasteiger partial charge in [-0.1, -0.05) is 81.2 Å². The second-order valence-electron chi connectivity index (χ2n) is 8.00. The third kappa shape index (κ3) is 10.4. The normalized spacial score (nSPS) is 11.7. The predicted molar refractivity (Wildman–Crippen MR) is 133 cm³/mol. The molecule has 5 heteroatoms. The Morgan fingerprint density at radius 2 is 1.20 bits per heavy atom. The van der Waals surface area contributed by atoms with E-state index in [9.17, 15) is 8.42 Å². The number of hydrogen-bond donors (Lipinski definition) is 0. The summed E-state index contributed by atoms with van der Waals surface area (Å²) in [7, 11) is -3.61. The lowest BCUT2D eigenvalue weighted by atomic mass is 10.0. The van der Waals surface area contributed by atoms with Gasteiger partial charge in [-0.05, 0) is 78.6 Å². The summed E-state index contributed by atoms with van der Waals surface area (Å²) in [4.78, 5) is 0.242. The zero-order valence-corrected chi connectivity index (χ0v) is 21.1. The van der Waals surface area contributed by atoms with Crippen molar-refractivity contribution in [3.8, 4) is 0 Å². The number of rotatable bonds is 15. The largest absolute Gasteiger partial charge is 0.296 e. The summed E-state index contributed by atoms with van der Waals surface area (Å²) in [5.41, 5.74) is 2.49. The van der Waals surface area contributed by atoms with Crippen LogP contribution in [0.1, 0.15) is 75.3 Å². The molecule has 0 saturated carbocycles. The van der Waals surface area contributed by atoms with Crippen LogP contribution < -0.4 is 0 Å². The molecule has 3 nitrogen and oxygen atoms in total. The minimum atomic E-state index is -3.61. The van der Waals surface area contributed by atoms with Gasteiger partial charge in [0.25, 0.3) is 10.1 Å². The van der Waals surface area contributed by atoms with Crippen molar-refractivity contribution in [1.29, 1.82) is 0 Å². The van der Waals surface area contributed by atoms with Crippen molar-refractivity contribution in [3.05, 3.63) is 63.2 Å². The number of unbranched alkanes of at least 4 members (excludes halogenated alkanes) is 9. The van der Waals surface area contributed by atoms with E-state index in [0.29, 0.717) is 0 Å². The second-order valence-corrected chi connectivity index (χ2v) is 10.9. The van der Waals surface area contributed by atoms with E-state index in [-0.39, 0.29) is 11.5 Å². The smallest absolute Gasteiger partial charge is 0.266 e. The fraction of sp³-hybridized carbons (Fsp3) is 0.520. The molecule has 30 heavy (non-hydrogen) atoms. The average Bonchev–Trinajstić information content (AvgIpc) is 2.73. The summed E-state index contributed by atoms with van der Waals surface area (Å²) < 4.78 is 30.6. The first-order valence-electron chi connectivity index (χ1n) is 11.2. The van der Waals surface area contributed by atoms with E-state index in [1.165, 1.54) is 60.5 Å². The quantitative estimate of drug-likeness (QED) is 0.133. The van der Waals surface area contributed by atoms with Gasteiger partial charge in [0.1, 0.15) is 0 Å². The molecule has 2 aromatic rings. The Balaban J connectivity index is 1.39. The molecule has 0 atom stereocenters. The van der Waals surface area contributed by atoms with Gasteiger partial charge in [-0.25, -0.2) is 0 Å². The second kappa shape index (κ2) is 14.2. The molecule has 0 aliphatic rings. The monoisotopic (exact) mass is 542 g/mol. The van der Waals surface area contributed by atoms with E-state index in [2.05, 4.69) is 46.9 Å². The molecule has 0 aromatic heterocycles. The van der Waals surface area contributed by atoms with E-state index >= 15 is 0 Å². The maximum atomic E-state index is 12.1. The molecule has 166 valence electrons. The molecule has 2 aromatic carbocycles. The fourth-order valence-corrected chi connectivity index (χ4v) is 4.74. The first-order valence-corrected chi connectivity index (χ1v) is 13.7. The van der Waals surface area contributed by atoms with Crippen LogP contribution in [-0.2, 0) is 20.7 Å². The molecule has 0 radical (unpaired) electrons. The third-order valence-electron chi connectivity index (χ3n) is 5.32. The van der Waals surface area contributed by atoms with Gasteiger partial charge in [0.2, 0.25) is 0 Å². The summed E-state index contributed by atoms with van der Waals surface area (Å²) in [5.74, 6) is 0. The first kappa shape index (κ1) is 25.3. The maximum Gasteiger partial charge on any atom is 0.296 e. The van der Waals surface area contributed by atoms with Crippen LogP contribution in [0, 0.1) is 10.5 Å². The maximum absolute atomic E-state index is 12.1. The van der Waals surface area contributed by atoms with Crippen LogP contribution in [0.15, 0.2) is 53.4 Å². The first-order chi connectivity index (χ1) is 14.5. The Kier molecular flexibility index (Phi) is 12.0. The lowest BCUT2D eigenvalue weighted by Gasteiger charge is -2.06. The van der Waals surface area contributed by atoms with Gasteiger partial charge < -0.3 is 0 Å². The van der Waals surface area contributed by atoms with Gasteiger partial charge in [0, 0.05) is 3.57 Å². The van der Waals surface area contributed by atoms with Crippen LogP contribution in [0.2, 0.25) is 0 Å². The topological polar surface area (TPSA) is 43.4 Å². The molecule has 0 heterocycles. The van der Waals surface area contributed by atoms with Gasteiger partial charge in [-0.15, -0.1) is 0 Å². The zero-order valence-electron chi connectivity index (χ0n) is 18.1. The minimum Gasteiger partial charge on any atom is -0.266 e. The van der Waals surface area contributed by atoms with Crippen LogP contribution in [0.3, 0.4) is 0 Å². The Hall–Kier alpha value is -0.920. The van der Waals surface area contributed by atoms with Gasteiger partial charge >= 0.3 is 0 Å². The van der Waals surface area contributed by atoms with Crippen molar-refractivity contribution < 1.29 is 12.6 Å². The molecule has 0 aliphatic heterocycles. The highest BCUT2D eigenvalue weighted by molar-refractivity contribution is 14.1. The average molecular weight is 543 g/mol. The summed E-state index contributed by atoms with van der Waals surface area (Å²) in [6.07, 6.45) is 13.2. The van der Waals surface area contributed by atoms with Crippen LogP contribution >= 0.6 is 22.6 Å². The molecule has 2 rings (SSSR count). The lowest BCUT2D eigenvalue weighted by Crippen LogP contribution is -2.07. The van der Waals surface area contributed by atoms with Crippen molar-refractivity contribution >= 4 is 32.7 Å². The molecule has 0 bridgehead atoms. The van der Waals surface area contributed by atoms with E-state index in [1.807, 2.05) is 6.92 Å². The predicted octanol–water partition coefficient (Wildman–Crippen LogP) is 7.45. The molecule has 0 fully saturated rings. The van der Waals surface area contributed by atoms with Crippen LogP contribution in [0.25, 0.3) is 0 Å². The molecule has 0 saturated heterocycles. The number of benzene rings is 2. The summed E-state index contributed by atoms with van der Waals surface area (Å²) in [5, 5.41) is 0. The summed E-state index contributed by atoms with van der Waals surface area (Å²) in [6.45, 7) is 2.21. The van der Waals surface area contributed by atoms with Gasteiger partial charge in [0.05, 0.1) is 11.5 Å². The molecule has 0 aliphatic carbocycles. The zero-order chi connectivity index (χ0) is 21.7. The standard InChI is InChI=1S/C25H35IO3S/c1-22-13-19-25(20-14-22)30(27,28)29-21-11-9-7-5-3-2-4-6-8-10-12-23-15-17-24(26)18-16-23/h13-20H,2-12,21H2,1H3. The molecular weight excluding hydrogens is 507 g/mol. The Labute approximate surface area is 196 Å². The van der Waals surface area contributed by atoms with Gasteiger partial charge in [-0.3, -0.25) is 4.18 Å². The highest BCUT2D eigenvalue weighted by atomic mass is 127. The van der Waals surface area contributed by atoms with E-state index in [0.717, 1.165) is 24.8 Å². The van der Waals surface area contributed by atoms with E-state index < -0.39 is 10.1 Å². The van der Waals surface area contributed by atoms with Crippen molar-refractivity contribution in [2.45, 2.75) is 82.4 Å². The molecule has 0 N–H and O–H groups in total. The Morgan fingerprint density at radius 3 is 1.77 bits per heavy atom. The highest BCUT2D eigenvalue weighted by Gasteiger charge is 2.14. The Bertz CT molecular complexity index is 814. The third-order valence-corrected chi connectivity index (χ3v) is 7.37. The summed E-state index contributed by atoms with van der Waals surface area (Å²) in [6, 6.07) is 15.6. The van der Waals surface area contributed by atoms with E-state index in [4.69, 9.17) is 4.18 Å². The van der Waals surface area contributed by atoms with E-state index in [1.54, 1.807) is 24.3 Å². The highest BCUT2D eigenvalue weighted by Crippen LogP contribution is 2.16. The number of halogens is 1. The lowest BCUT2D eigenvalue weighted by molar-refractivity contribution is 0.306. The van der Waals surface area contributed by atoms with Crippen molar-refractivity contribution in [2.75, 3.05) is 6.61 Å². The van der Waals surface area contributed by atoms with Gasteiger partial charge in [-0.2, -0.15) is 8.42 Å². The fourth-order valence-electron chi connectivity index (χ4n) is 3.44. The van der Waals surface area contributed by atoms with Crippen LogP contribution in [0.4, 0.5) is 0 Å².